The Labute approximate surface area is 186 Å². The number of carbonyl (C=O) groups is 3. The molecule has 1 aliphatic rings. The molecule has 0 spiro atoms. The van der Waals surface area contributed by atoms with Crippen LogP contribution in [0.4, 0.5) is 5.69 Å². The lowest BCUT2D eigenvalue weighted by Gasteiger charge is -2.14. The SMILES string of the molecule is N#CCOc1ccc(CN2C(=O)c3cccc(NC(=O)c4ccc(Cl)s4)c3C2=O)cc1. The number of anilines is 1. The maximum Gasteiger partial charge on any atom is 0.265 e. The van der Waals surface area contributed by atoms with Gasteiger partial charge >= 0.3 is 0 Å². The quantitative estimate of drug-likeness (QED) is 0.561. The molecule has 0 unspecified atom stereocenters. The van der Waals surface area contributed by atoms with E-state index in [4.69, 9.17) is 21.6 Å². The van der Waals surface area contributed by atoms with Crippen LogP contribution in [0.2, 0.25) is 4.34 Å². The van der Waals surface area contributed by atoms with Gasteiger partial charge in [0.05, 0.1) is 32.6 Å². The van der Waals surface area contributed by atoms with Crippen molar-refractivity contribution >= 4 is 46.3 Å². The second kappa shape index (κ2) is 8.60. The number of ether oxygens (including phenoxy) is 1. The fourth-order valence-electron chi connectivity index (χ4n) is 3.19. The molecule has 2 aromatic carbocycles. The van der Waals surface area contributed by atoms with E-state index in [2.05, 4.69) is 5.32 Å². The smallest absolute Gasteiger partial charge is 0.265 e. The lowest BCUT2D eigenvalue weighted by atomic mass is 10.1. The van der Waals surface area contributed by atoms with Crippen molar-refractivity contribution in [2.24, 2.45) is 0 Å². The van der Waals surface area contributed by atoms with Crippen LogP contribution in [0.15, 0.2) is 54.6 Å². The third-order valence-corrected chi connectivity index (χ3v) is 5.84. The number of halogens is 1. The van der Waals surface area contributed by atoms with Crippen LogP contribution in [0.3, 0.4) is 0 Å². The van der Waals surface area contributed by atoms with E-state index >= 15 is 0 Å². The molecule has 31 heavy (non-hydrogen) atoms. The van der Waals surface area contributed by atoms with Gasteiger partial charge in [0.15, 0.2) is 6.61 Å². The second-order valence-electron chi connectivity index (χ2n) is 6.57. The molecule has 0 aliphatic carbocycles. The number of nitrogens with one attached hydrogen (secondary N) is 1. The number of rotatable bonds is 6. The first-order valence-electron chi connectivity index (χ1n) is 9.12. The highest BCUT2D eigenvalue weighted by atomic mass is 35.5. The molecule has 0 saturated heterocycles. The summed E-state index contributed by atoms with van der Waals surface area (Å²) < 4.78 is 5.68. The summed E-state index contributed by atoms with van der Waals surface area (Å²) in [5.41, 5.74) is 1.39. The number of nitrogens with zero attached hydrogens (tertiary/aromatic N) is 2. The molecule has 0 saturated carbocycles. The minimum atomic E-state index is -0.482. The number of imide groups is 1. The minimum Gasteiger partial charge on any atom is -0.479 e. The van der Waals surface area contributed by atoms with Crippen LogP contribution >= 0.6 is 22.9 Å². The molecule has 1 N–H and O–H groups in total. The van der Waals surface area contributed by atoms with Crippen molar-refractivity contribution in [3.05, 3.63) is 80.5 Å². The summed E-state index contributed by atoms with van der Waals surface area (Å²) in [7, 11) is 0. The average molecular weight is 452 g/mol. The molecule has 1 aromatic heterocycles. The van der Waals surface area contributed by atoms with Crippen LogP contribution in [-0.2, 0) is 6.54 Å². The van der Waals surface area contributed by atoms with Gasteiger partial charge < -0.3 is 10.1 Å². The number of fused-ring (bicyclic) bond motifs is 1. The van der Waals surface area contributed by atoms with Crippen LogP contribution in [0.1, 0.15) is 36.0 Å². The molecule has 0 atom stereocenters. The number of benzene rings is 2. The van der Waals surface area contributed by atoms with Gasteiger partial charge in [-0.05, 0) is 42.0 Å². The molecular weight excluding hydrogens is 438 g/mol. The molecule has 0 fully saturated rings. The number of hydrogen-bond acceptors (Lipinski definition) is 6. The number of carbonyl (C=O) groups excluding carboxylic acids is 3. The molecular formula is C22H14ClN3O4S. The van der Waals surface area contributed by atoms with E-state index in [0.29, 0.717) is 15.0 Å². The van der Waals surface area contributed by atoms with Gasteiger partial charge in [0.25, 0.3) is 17.7 Å². The Bertz CT molecular complexity index is 1230. The molecule has 7 nitrogen and oxygen atoms in total. The number of hydrogen-bond donors (Lipinski definition) is 1. The summed E-state index contributed by atoms with van der Waals surface area (Å²) in [4.78, 5) is 39.9. The van der Waals surface area contributed by atoms with Gasteiger partial charge in [0.2, 0.25) is 0 Å². The molecule has 3 aromatic rings. The molecule has 0 bridgehead atoms. The van der Waals surface area contributed by atoms with Gasteiger partial charge in [-0.25, -0.2) is 0 Å². The van der Waals surface area contributed by atoms with Crippen molar-refractivity contribution in [2.75, 3.05) is 11.9 Å². The van der Waals surface area contributed by atoms with E-state index in [9.17, 15) is 14.4 Å². The van der Waals surface area contributed by atoms with E-state index in [1.54, 1.807) is 54.6 Å². The Morgan fingerprint density at radius 1 is 1.10 bits per heavy atom. The van der Waals surface area contributed by atoms with Crippen molar-refractivity contribution in [3.8, 4) is 11.8 Å². The van der Waals surface area contributed by atoms with Gasteiger partial charge in [0, 0.05) is 0 Å². The molecule has 3 amide bonds. The lowest BCUT2D eigenvalue weighted by molar-refractivity contribution is 0.0642. The summed E-state index contributed by atoms with van der Waals surface area (Å²) in [6.07, 6.45) is 0. The predicted molar refractivity (Wildman–Crippen MR) is 115 cm³/mol. The average Bonchev–Trinajstić information content (AvgIpc) is 3.31. The summed E-state index contributed by atoms with van der Waals surface area (Å²) in [5, 5.41) is 11.3. The first-order chi connectivity index (χ1) is 15.0. The Morgan fingerprint density at radius 2 is 1.87 bits per heavy atom. The Balaban J connectivity index is 1.54. The van der Waals surface area contributed by atoms with Crippen LogP contribution in [0, 0.1) is 11.3 Å². The summed E-state index contributed by atoms with van der Waals surface area (Å²) in [6.45, 7) is 0.00270. The number of thiophene rings is 1. The highest BCUT2D eigenvalue weighted by Crippen LogP contribution is 2.31. The van der Waals surface area contributed by atoms with Crippen LogP contribution < -0.4 is 10.1 Å². The maximum atomic E-state index is 13.0. The Hall–Kier alpha value is -3.67. The highest BCUT2D eigenvalue weighted by Gasteiger charge is 2.37. The fraction of sp³-hybridized carbons (Fsp3) is 0.0909. The number of amides is 3. The predicted octanol–water partition coefficient (Wildman–Crippen LogP) is 4.35. The molecule has 1 aliphatic heterocycles. The standard InChI is InChI=1S/C22H14ClN3O4S/c23-18-9-8-17(31-18)20(27)25-16-3-1-2-15-19(16)22(29)26(21(15)28)12-13-4-6-14(7-5-13)30-11-10-24/h1-9H,11-12H2,(H,25,27). The lowest BCUT2D eigenvalue weighted by Crippen LogP contribution is -2.29. The zero-order chi connectivity index (χ0) is 22.0. The monoisotopic (exact) mass is 451 g/mol. The number of nitriles is 1. The molecule has 0 radical (unpaired) electrons. The normalized spacial score (nSPS) is 12.5. The van der Waals surface area contributed by atoms with Gasteiger partial charge in [0.1, 0.15) is 11.8 Å². The first kappa shape index (κ1) is 20.6. The van der Waals surface area contributed by atoms with E-state index in [0.717, 1.165) is 21.8 Å². The topological polar surface area (TPSA) is 99.5 Å². The fourth-order valence-corrected chi connectivity index (χ4v) is 4.13. The van der Waals surface area contributed by atoms with Crippen molar-refractivity contribution in [2.45, 2.75) is 6.54 Å². The van der Waals surface area contributed by atoms with Crippen LogP contribution in [0.25, 0.3) is 0 Å². The van der Waals surface area contributed by atoms with Crippen molar-refractivity contribution < 1.29 is 19.1 Å². The van der Waals surface area contributed by atoms with E-state index in [-0.39, 0.29) is 30.0 Å². The first-order valence-corrected chi connectivity index (χ1v) is 10.3. The third-order valence-electron chi connectivity index (χ3n) is 4.61. The summed E-state index contributed by atoms with van der Waals surface area (Å²) in [6, 6.07) is 16.6. The van der Waals surface area contributed by atoms with Gasteiger partial charge in [-0.1, -0.05) is 29.8 Å². The van der Waals surface area contributed by atoms with Crippen LogP contribution in [0.5, 0.6) is 5.75 Å². The van der Waals surface area contributed by atoms with E-state index < -0.39 is 17.7 Å². The Morgan fingerprint density at radius 3 is 2.55 bits per heavy atom. The molecule has 9 heteroatoms. The molecule has 154 valence electrons. The third kappa shape index (κ3) is 4.14. The largest absolute Gasteiger partial charge is 0.479 e. The van der Waals surface area contributed by atoms with Crippen molar-refractivity contribution in [3.63, 3.8) is 0 Å². The maximum absolute atomic E-state index is 13.0. The van der Waals surface area contributed by atoms with Gasteiger partial charge in [-0.15, -0.1) is 11.3 Å². The molecule has 2 heterocycles. The van der Waals surface area contributed by atoms with Gasteiger partial charge in [-0.3, -0.25) is 19.3 Å². The van der Waals surface area contributed by atoms with E-state index in [1.807, 2.05) is 6.07 Å². The zero-order valence-electron chi connectivity index (χ0n) is 15.9. The highest BCUT2D eigenvalue weighted by molar-refractivity contribution is 7.18. The second-order valence-corrected chi connectivity index (χ2v) is 8.29. The summed E-state index contributed by atoms with van der Waals surface area (Å²) >= 11 is 7.01. The van der Waals surface area contributed by atoms with Crippen LogP contribution in [-0.4, -0.2) is 29.2 Å². The molecule has 4 rings (SSSR count). The van der Waals surface area contributed by atoms with Crippen molar-refractivity contribution in [1.82, 2.24) is 4.90 Å². The van der Waals surface area contributed by atoms with Gasteiger partial charge in [-0.2, -0.15) is 5.26 Å². The Kier molecular flexibility index (Phi) is 5.71. The van der Waals surface area contributed by atoms with E-state index in [1.165, 1.54) is 0 Å². The zero-order valence-corrected chi connectivity index (χ0v) is 17.5. The minimum absolute atomic E-state index is 0.0655. The summed E-state index contributed by atoms with van der Waals surface area (Å²) in [5.74, 6) is -0.798. The van der Waals surface area contributed by atoms with Crippen molar-refractivity contribution in [1.29, 1.82) is 5.26 Å².